The summed E-state index contributed by atoms with van der Waals surface area (Å²) in [6, 6.07) is 15.5. The third kappa shape index (κ3) is 4.86. The first-order chi connectivity index (χ1) is 14.6. The number of carbonyl (C=O) groups excluding carboxylic acids is 1. The van der Waals surface area contributed by atoms with Crippen LogP contribution < -0.4 is 14.8 Å². The summed E-state index contributed by atoms with van der Waals surface area (Å²) in [6.07, 6.45) is 1.69. The van der Waals surface area contributed by atoms with Gasteiger partial charge in [-0.05, 0) is 47.5 Å². The molecule has 6 nitrogen and oxygen atoms in total. The van der Waals surface area contributed by atoms with Crippen LogP contribution in [0.5, 0.6) is 11.5 Å². The van der Waals surface area contributed by atoms with Crippen LogP contribution in [0.1, 0.15) is 27.2 Å². The molecular formula is C23H23BrN2O4. The van der Waals surface area contributed by atoms with E-state index in [9.17, 15) is 4.79 Å². The molecule has 1 N–H and O–H groups in total. The number of hydrogen-bond acceptors (Lipinski definition) is 5. The Morgan fingerprint density at radius 1 is 1.03 bits per heavy atom. The molecule has 3 aromatic rings. The minimum atomic E-state index is -0.0887. The van der Waals surface area contributed by atoms with Gasteiger partial charge in [0.15, 0.2) is 11.5 Å². The molecule has 0 bridgehead atoms. The predicted octanol–water partition coefficient (Wildman–Crippen LogP) is 4.38. The number of fused-ring (bicyclic) bond motifs is 1. The fraction of sp³-hybridized carbons (Fsp3) is 0.261. The molecule has 7 heteroatoms. The molecule has 0 aliphatic carbocycles. The van der Waals surface area contributed by atoms with Crippen molar-refractivity contribution >= 4 is 21.8 Å². The highest BCUT2D eigenvalue weighted by atomic mass is 79.9. The van der Waals surface area contributed by atoms with E-state index in [0.717, 1.165) is 32.9 Å². The molecule has 30 heavy (non-hydrogen) atoms. The number of rotatable bonds is 7. The van der Waals surface area contributed by atoms with E-state index in [2.05, 4.69) is 26.1 Å². The van der Waals surface area contributed by atoms with Crippen molar-refractivity contribution in [1.29, 1.82) is 0 Å². The normalized spacial score (nSPS) is 12.8. The van der Waals surface area contributed by atoms with Gasteiger partial charge >= 0.3 is 0 Å². The lowest BCUT2D eigenvalue weighted by atomic mass is 10.1. The largest absolute Gasteiger partial charge is 0.486 e. The molecule has 156 valence electrons. The number of amides is 1. The van der Waals surface area contributed by atoms with E-state index in [-0.39, 0.29) is 5.91 Å². The first kappa shape index (κ1) is 20.5. The van der Waals surface area contributed by atoms with E-state index in [0.29, 0.717) is 38.4 Å². The molecule has 2 aromatic carbocycles. The lowest BCUT2D eigenvalue weighted by molar-refractivity contribution is 0.0963. The molecule has 0 fully saturated rings. The van der Waals surface area contributed by atoms with E-state index in [1.54, 1.807) is 13.3 Å². The molecule has 0 atom stereocenters. The first-order valence-electron chi connectivity index (χ1n) is 9.76. The van der Waals surface area contributed by atoms with Crippen LogP contribution >= 0.6 is 15.9 Å². The van der Waals surface area contributed by atoms with Crippen LogP contribution in [0.15, 0.2) is 63.7 Å². The van der Waals surface area contributed by atoms with E-state index in [1.165, 1.54) is 0 Å². The number of ether oxygens (including phenoxy) is 2. The average Bonchev–Trinajstić information content (AvgIpc) is 3.27. The van der Waals surface area contributed by atoms with E-state index >= 15 is 0 Å². The van der Waals surface area contributed by atoms with E-state index in [4.69, 9.17) is 13.9 Å². The number of nitrogens with zero attached hydrogens (tertiary/aromatic N) is 1. The Morgan fingerprint density at radius 2 is 1.77 bits per heavy atom. The molecule has 1 aromatic heterocycles. The summed E-state index contributed by atoms with van der Waals surface area (Å²) in [5.74, 6) is 2.34. The molecule has 2 heterocycles. The van der Waals surface area contributed by atoms with Gasteiger partial charge in [0.1, 0.15) is 19.0 Å². The Balaban J connectivity index is 1.55. The van der Waals surface area contributed by atoms with Crippen molar-refractivity contribution in [3.63, 3.8) is 0 Å². The summed E-state index contributed by atoms with van der Waals surface area (Å²) in [4.78, 5) is 14.1. The number of halogens is 1. The molecule has 1 aliphatic heterocycles. The van der Waals surface area contributed by atoms with Crippen molar-refractivity contribution in [2.75, 3.05) is 20.3 Å². The molecular weight excluding hydrogens is 448 g/mol. The molecule has 4 rings (SSSR count). The van der Waals surface area contributed by atoms with Gasteiger partial charge in [-0.1, -0.05) is 28.1 Å². The van der Waals surface area contributed by atoms with E-state index in [1.807, 2.05) is 48.5 Å². The topological polar surface area (TPSA) is 63.9 Å². The minimum Gasteiger partial charge on any atom is -0.486 e. The SMILES string of the molecule is CNC(=O)c1ccc(CN(Cc2ccco2)Cc2cc3c(cc2Br)OCCO3)cc1. The number of nitrogens with one attached hydrogen (secondary N) is 1. The number of hydrogen-bond donors (Lipinski definition) is 1. The Labute approximate surface area is 183 Å². The zero-order valence-corrected chi connectivity index (χ0v) is 18.3. The number of benzene rings is 2. The third-order valence-corrected chi connectivity index (χ3v) is 5.65. The van der Waals surface area contributed by atoms with Crippen molar-refractivity contribution in [3.8, 4) is 11.5 Å². The zero-order chi connectivity index (χ0) is 20.9. The van der Waals surface area contributed by atoms with Crippen molar-refractivity contribution in [1.82, 2.24) is 10.2 Å². The second-order valence-corrected chi connectivity index (χ2v) is 7.94. The van der Waals surface area contributed by atoms with Crippen molar-refractivity contribution < 1.29 is 18.7 Å². The fourth-order valence-electron chi connectivity index (χ4n) is 3.42. The molecule has 0 unspecified atom stereocenters. The third-order valence-electron chi connectivity index (χ3n) is 4.91. The fourth-order valence-corrected chi connectivity index (χ4v) is 3.87. The molecule has 0 spiro atoms. The van der Waals surface area contributed by atoms with Gasteiger partial charge in [-0.3, -0.25) is 9.69 Å². The summed E-state index contributed by atoms with van der Waals surface area (Å²) < 4.78 is 18.0. The smallest absolute Gasteiger partial charge is 0.251 e. The molecule has 0 saturated heterocycles. The Hall–Kier alpha value is -2.77. The minimum absolute atomic E-state index is 0.0887. The highest BCUT2D eigenvalue weighted by Crippen LogP contribution is 2.36. The van der Waals surface area contributed by atoms with Crippen LogP contribution in [-0.4, -0.2) is 31.1 Å². The maximum absolute atomic E-state index is 11.8. The zero-order valence-electron chi connectivity index (χ0n) is 16.7. The monoisotopic (exact) mass is 470 g/mol. The van der Waals surface area contributed by atoms with Gasteiger partial charge < -0.3 is 19.2 Å². The maximum Gasteiger partial charge on any atom is 0.251 e. The first-order valence-corrected chi connectivity index (χ1v) is 10.6. The standard InChI is InChI=1S/C23H23BrN2O4/c1-25-23(27)17-6-4-16(5-7-17)13-26(15-19-3-2-8-28-19)14-18-11-21-22(12-20(18)24)30-10-9-29-21/h2-8,11-12H,9-10,13-15H2,1H3,(H,25,27). The van der Waals surface area contributed by atoms with Gasteiger partial charge in [0.2, 0.25) is 0 Å². The van der Waals surface area contributed by atoms with Crippen LogP contribution in [-0.2, 0) is 19.6 Å². The average molecular weight is 471 g/mol. The van der Waals surface area contributed by atoms with E-state index < -0.39 is 0 Å². The summed E-state index contributed by atoms with van der Waals surface area (Å²) >= 11 is 3.67. The Bertz CT molecular complexity index is 1000. The van der Waals surface area contributed by atoms with Crippen molar-refractivity contribution in [2.24, 2.45) is 0 Å². The lowest BCUT2D eigenvalue weighted by Gasteiger charge is -2.24. The Kier molecular flexibility index (Phi) is 6.40. The second-order valence-electron chi connectivity index (χ2n) is 7.09. The quantitative estimate of drug-likeness (QED) is 0.555. The predicted molar refractivity (Wildman–Crippen MR) is 117 cm³/mol. The highest BCUT2D eigenvalue weighted by Gasteiger charge is 2.18. The van der Waals surface area contributed by atoms with Crippen LogP contribution in [0.3, 0.4) is 0 Å². The van der Waals surface area contributed by atoms with Crippen molar-refractivity contribution in [3.05, 3.63) is 81.7 Å². The maximum atomic E-state index is 11.8. The van der Waals surface area contributed by atoms with Gasteiger partial charge in [0.05, 0.1) is 12.8 Å². The molecule has 0 radical (unpaired) electrons. The van der Waals surface area contributed by atoms with Gasteiger partial charge in [-0.2, -0.15) is 0 Å². The van der Waals surface area contributed by atoms with Crippen LogP contribution in [0.4, 0.5) is 0 Å². The number of carbonyl (C=O) groups is 1. The highest BCUT2D eigenvalue weighted by molar-refractivity contribution is 9.10. The summed E-state index contributed by atoms with van der Waals surface area (Å²) in [5, 5.41) is 2.65. The molecule has 1 amide bonds. The Morgan fingerprint density at radius 3 is 2.43 bits per heavy atom. The van der Waals surface area contributed by atoms with Crippen molar-refractivity contribution in [2.45, 2.75) is 19.6 Å². The van der Waals surface area contributed by atoms with Crippen LogP contribution in [0, 0.1) is 0 Å². The molecule has 1 aliphatic rings. The second kappa shape index (κ2) is 9.36. The summed E-state index contributed by atoms with van der Waals surface area (Å²) in [7, 11) is 1.63. The lowest BCUT2D eigenvalue weighted by Crippen LogP contribution is -2.23. The van der Waals surface area contributed by atoms with Gasteiger partial charge in [0, 0.05) is 30.2 Å². The van der Waals surface area contributed by atoms with Gasteiger partial charge in [-0.25, -0.2) is 0 Å². The van der Waals surface area contributed by atoms with Crippen LogP contribution in [0.25, 0.3) is 0 Å². The van der Waals surface area contributed by atoms with Gasteiger partial charge in [-0.15, -0.1) is 0 Å². The summed E-state index contributed by atoms with van der Waals surface area (Å²) in [5.41, 5.74) is 2.86. The van der Waals surface area contributed by atoms with Gasteiger partial charge in [0.25, 0.3) is 5.91 Å². The summed E-state index contributed by atoms with van der Waals surface area (Å²) in [6.45, 7) is 3.17. The van der Waals surface area contributed by atoms with Crippen LogP contribution in [0.2, 0.25) is 0 Å². The number of furan rings is 1. The molecule has 0 saturated carbocycles.